The number of piperidine rings is 1. The molecule has 1 saturated heterocycles. The first-order chi connectivity index (χ1) is 17.1. The minimum absolute atomic E-state index is 0.00251. The molecule has 1 N–H and O–H groups in total. The van der Waals surface area contributed by atoms with Crippen molar-refractivity contribution >= 4 is 27.4 Å². The Kier molecular flexibility index (Phi) is 9.19. The summed E-state index contributed by atoms with van der Waals surface area (Å²) in [5.74, 6) is 1.66. The molecule has 36 heavy (non-hydrogen) atoms. The van der Waals surface area contributed by atoms with Gasteiger partial charge in [-0.3, -0.25) is 0 Å². The Labute approximate surface area is 212 Å². The summed E-state index contributed by atoms with van der Waals surface area (Å²) >= 11 is 0. The molecule has 3 rings (SSSR count). The van der Waals surface area contributed by atoms with Crippen molar-refractivity contribution in [3.8, 4) is 17.4 Å². The smallest absolute Gasteiger partial charge is 0.410 e. The number of nitrogens with one attached hydrogen (secondary N) is 1. The van der Waals surface area contributed by atoms with E-state index in [-0.39, 0.29) is 30.5 Å². The summed E-state index contributed by atoms with van der Waals surface area (Å²) in [6.45, 7) is 4.74. The first kappa shape index (κ1) is 27.3. The predicted octanol–water partition coefficient (Wildman–Crippen LogP) is 3.21. The molecule has 1 aliphatic rings. The molecule has 1 aliphatic heterocycles. The van der Waals surface area contributed by atoms with E-state index >= 15 is 0 Å². The maximum atomic E-state index is 12.1. The molecule has 1 fully saturated rings. The van der Waals surface area contributed by atoms with Crippen LogP contribution in [0.1, 0.15) is 32.4 Å². The highest BCUT2D eigenvalue weighted by Crippen LogP contribution is 2.37. The second-order valence-electron chi connectivity index (χ2n) is 8.79. The van der Waals surface area contributed by atoms with Gasteiger partial charge in [0.25, 0.3) is 0 Å². The number of anilines is 2. The fraction of sp³-hybridized carbons (Fsp3) is 0.542. The van der Waals surface area contributed by atoms with Crippen LogP contribution in [0.3, 0.4) is 0 Å². The first-order valence-corrected chi connectivity index (χ1v) is 13.8. The molecule has 0 unspecified atom stereocenters. The Hall–Kier alpha value is -3.28. The molecule has 12 heteroatoms. The third-order valence-corrected chi connectivity index (χ3v) is 6.44. The van der Waals surface area contributed by atoms with Crippen LogP contribution in [0, 0.1) is 0 Å². The quantitative estimate of drug-likeness (QED) is 0.496. The van der Waals surface area contributed by atoms with E-state index in [9.17, 15) is 13.2 Å². The van der Waals surface area contributed by atoms with Gasteiger partial charge in [-0.1, -0.05) is 0 Å². The minimum atomic E-state index is -3.10. The van der Waals surface area contributed by atoms with Gasteiger partial charge in [-0.2, -0.15) is 0 Å². The average Bonchev–Trinajstić information content (AvgIpc) is 2.83. The molecular weight excluding hydrogens is 488 g/mol. The lowest BCUT2D eigenvalue weighted by molar-refractivity contribution is 0.0511. The van der Waals surface area contributed by atoms with Crippen molar-refractivity contribution in [1.29, 1.82) is 0 Å². The SMILES string of the molecule is COc1nc(CCS(C)(=O)=O)ccc1Nc1nccc(OC2CCN(C(=O)OC(C)C)CC2)c1OC. The molecular formula is C24H34N4O7S. The van der Waals surface area contributed by atoms with Gasteiger partial charge < -0.3 is 29.2 Å². The number of pyridine rings is 2. The molecule has 11 nitrogen and oxygen atoms in total. The van der Waals surface area contributed by atoms with Gasteiger partial charge in [-0.25, -0.2) is 23.2 Å². The van der Waals surface area contributed by atoms with Crippen LogP contribution in [0.4, 0.5) is 16.3 Å². The Balaban J connectivity index is 1.70. The van der Waals surface area contributed by atoms with Gasteiger partial charge in [0.05, 0.1) is 26.1 Å². The van der Waals surface area contributed by atoms with E-state index in [1.807, 2.05) is 13.8 Å². The molecule has 198 valence electrons. The fourth-order valence-corrected chi connectivity index (χ4v) is 4.29. The summed E-state index contributed by atoms with van der Waals surface area (Å²) in [6, 6.07) is 5.22. The van der Waals surface area contributed by atoms with Crippen molar-refractivity contribution in [3.05, 3.63) is 30.1 Å². The second kappa shape index (κ2) is 12.1. The number of methoxy groups -OCH3 is 2. The molecule has 0 saturated carbocycles. The lowest BCUT2D eigenvalue weighted by Gasteiger charge is -2.32. The van der Waals surface area contributed by atoms with Gasteiger partial charge in [-0.15, -0.1) is 0 Å². The van der Waals surface area contributed by atoms with Gasteiger partial charge in [-0.05, 0) is 26.0 Å². The maximum Gasteiger partial charge on any atom is 0.410 e. The zero-order valence-corrected chi connectivity index (χ0v) is 22.1. The summed E-state index contributed by atoms with van der Waals surface area (Å²) in [6.07, 6.45) is 3.85. The molecule has 2 aromatic rings. The first-order valence-electron chi connectivity index (χ1n) is 11.7. The van der Waals surface area contributed by atoms with Crippen LogP contribution in [-0.2, 0) is 21.0 Å². The molecule has 1 amide bonds. The third kappa shape index (κ3) is 7.61. The summed E-state index contributed by atoms with van der Waals surface area (Å²) in [4.78, 5) is 22.6. The zero-order chi connectivity index (χ0) is 26.3. The lowest BCUT2D eigenvalue weighted by atomic mass is 10.1. The molecule has 0 bridgehead atoms. The number of hydrogen-bond acceptors (Lipinski definition) is 10. The fourth-order valence-electron chi connectivity index (χ4n) is 3.71. The monoisotopic (exact) mass is 522 g/mol. The Morgan fingerprint density at radius 3 is 2.50 bits per heavy atom. The molecule has 3 heterocycles. The number of carbonyl (C=O) groups is 1. The number of nitrogens with zero attached hydrogens (tertiary/aromatic N) is 3. The van der Waals surface area contributed by atoms with Gasteiger partial charge in [0.2, 0.25) is 11.6 Å². The van der Waals surface area contributed by atoms with Gasteiger partial charge in [0.15, 0.2) is 11.6 Å². The van der Waals surface area contributed by atoms with Gasteiger partial charge in [0, 0.05) is 56.6 Å². The zero-order valence-electron chi connectivity index (χ0n) is 21.3. The van der Waals surface area contributed by atoms with Gasteiger partial charge in [0.1, 0.15) is 21.6 Å². The van der Waals surface area contributed by atoms with Crippen molar-refractivity contribution in [2.75, 3.05) is 44.6 Å². The number of aryl methyl sites for hydroxylation is 1. The van der Waals surface area contributed by atoms with E-state index in [0.717, 1.165) is 0 Å². The maximum absolute atomic E-state index is 12.1. The molecule has 2 aromatic heterocycles. The number of hydrogen-bond donors (Lipinski definition) is 1. The van der Waals surface area contributed by atoms with Crippen molar-refractivity contribution in [2.24, 2.45) is 0 Å². The van der Waals surface area contributed by atoms with Crippen LogP contribution in [0.15, 0.2) is 24.4 Å². The number of aromatic nitrogens is 2. The van der Waals surface area contributed by atoms with E-state index < -0.39 is 9.84 Å². The highest BCUT2D eigenvalue weighted by Gasteiger charge is 2.26. The van der Waals surface area contributed by atoms with Crippen molar-refractivity contribution in [2.45, 2.75) is 45.3 Å². The molecule has 0 aliphatic carbocycles. The third-order valence-electron chi connectivity index (χ3n) is 5.50. The number of amides is 1. The summed E-state index contributed by atoms with van der Waals surface area (Å²) in [7, 11) is -0.0829. The number of carbonyl (C=O) groups excluding carboxylic acids is 1. The van der Waals surface area contributed by atoms with Gasteiger partial charge >= 0.3 is 6.09 Å². The highest BCUT2D eigenvalue weighted by molar-refractivity contribution is 7.90. The van der Waals surface area contributed by atoms with E-state index in [0.29, 0.717) is 60.5 Å². The van der Waals surface area contributed by atoms with E-state index in [4.69, 9.17) is 18.9 Å². The van der Waals surface area contributed by atoms with Crippen LogP contribution in [0.5, 0.6) is 17.4 Å². The summed E-state index contributed by atoms with van der Waals surface area (Å²) in [5, 5.41) is 3.17. The Bertz CT molecular complexity index is 1150. The number of ether oxygens (including phenoxy) is 4. The summed E-state index contributed by atoms with van der Waals surface area (Å²) < 4.78 is 45.4. The largest absolute Gasteiger partial charge is 0.490 e. The normalized spacial score (nSPS) is 14.4. The van der Waals surface area contributed by atoms with Crippen LogP contribution in [-0.4, -0.2) is 80.9 Å². The number of sulfone groups is 1. The van der Waals surface area contributed by atoms with E-state index in [2.05, 4.69) is 15.3 Å². The number of likely N-dealkylation sites (tertiary alicyclic amines) is 1. The Morgan fingerprint density at radius 2 is 1.89 bits per heavy atom. The Morgan fingerprint density at radius 1 is 1.17 bits per heavy atom. The average molecular weight is 523 g/mol. The lowest BCUT2D eigenvalue weighted by Crippen LogP contribution is -2.42. The van der Waals surface area contributed by atoms with E-state index in [1.54, 1.807) is 29.3 Å². The standard InChI is InChI=1S/C24H34N4O7S/c1-16(2)34-24(29)28-13-9-18(10-14-28)35-20-8-12-25-22(21(20)32-3)27-19-7-6-17(26-23(19)33-4)11-15-36(5,30)31/h6-8,12,16,18H,9-11,13-15H2,1-5H3,(H,25,27). The highest BCUT2D eigenvalue weighted by atomic mass is 32.2. The molecule has 0 aromatic carbocycles. The summed E-state index contributed by atoms with van der Waals surface area (Å²) in [5.41, 5.74) is 1.14. The predicted molar refractivity (Wildman–Crippen MR) is 135 cm³/mol. The van der Waals surface area contributed by atoms with E-state index in [1.165, 1.54) is 20.5 Å². The number of rotatable bonds is 10. The molecule has 0 spiro atoms. The van der Waals surface area contributed by atoms with Crippen molar-refractivity contribution in [3.63, 3.8) is 0 Å². The second-order valence-corrected chi connectivity index (χ2v) is 11.1. The topological polar surface area (TPSA) is 129 Å². The minimum Gasteiger partial charge on any atom is -0.490 e. The van der Waals surface area contributed by atoms with Crippen LogP contribution >= 0.6 is 0 Å². The van der Waals surface area contributed by atoms with Crippen LogP contribution in [0.2, 0.25) is 0 Å². The molecule has 0 atom stereocenters. The van der Waals surface area contributed by atoms with Crippen molar-refractivity contribution in [1.82, 2.24) is 14.9 Å². The van der Waals surface area contributed by atoms with Crippen LogP contribution < -0.4 is 19.5 Å². The molecule has 0 radical (unpaired) electrons. The van der Waals surface area contributed by atoms with Crippen molar-refractivity contribution < 1.29 is 32.2 Å². The van der Waals surface area contributed by atoms with Crippen LogP contribution in [0.25, 0.3) is 0 Å².